The number of nitrogens with zero attached hydrogens (tertiary/aromatic N) is 3. The lowest BCUT2D eigenvalue weighted by Gasteiger charge is -2.08. The number of allylic oxidation sites excluding steroid dienone is 1. The summed E-state index contributed by atoms with van der Waals surface area (Å²) in [6, 6.07) is 9.74. The molecule has 0 fully saturated rings. The molecule has 0 aliphatic rings. The van der Waals surface area contributed by atoms with Crippen LogP contribution >= 0.6 is 23.1 Å². The Morgan fingerprint density at radius 3 is 2.68 bits per heavy atom. The van der Waals surface area contributed by atoms with E-state index in [4.69, 9.17) is 4.74 Å². The molecule has 9 heteroatoms. The van der Waals surface area contributed by atoms with Gasteiger partial charge >= 0.3 is 5.97 Å². The van der Waals surface area contributed by atoms with Gasteiger partial charge in [0.2, 0.25) is 5.91 Å². The van der Waals surface area contributed by atoms with Gasteiger partial charge in [-0.2, -0.15) is 0 Å². The van der Waals surface area contributed by atoms with Gasteiger partial charge in [0.1, 0.15) is 5.00 Å². The lowest BCUT2D eigenvalue weighted by Crippen LogP contribution is -2.16. The van der Waals surface area contributed by atoms with Crippen molar-refractivity contribution in [1.29, 1.82) is 0 Å². The van der Waals surface area contributed by atoms with Crippen LogP contribution in [0.2, 0.25) is 0 Å². The second-order valence-electron chi connectivity index (χ2n) is 6.59. The Morgan fingerprint density at radius 2 is 2.03 bits per heavy atom. The van der Waals surface area contributed by atoms with Crippen LogP contribution in [-0.2, 0) is 22.5 Å². The molecular formula is C22H24N4O3S2. The summed E-state index contributed by atoms with van der Waals surface area (Å²) in [6.07, 6.45) is 2.45. The van der Waals surface area contributed by atoms with Gasteiger partial charge in [-0.15, -0.1) is 28.1 Å². The van der Waals surface area contributed by atoms with Crippen LogP contribution in [0.15, 0.2) is 48.1 Å². The molecule has 3 rings (SSSR count). The van der Waals surface area contributed by atoms with Crippen molar-refractivity contribution >= 4 is 40.0 Å². The Kier molecular flexibility index (Phi) is 7.64. The quantitative estimate of drug-likeness (QED) is 0.288. The molecular weight excluding hydrogens is 432 g/mol. The third-order valence-electron chi connectivity index (χ3n) is 4.60. The molecule has 0 saturated carbocycles. The summed E-state index contributed by atoms with van der Waals surface area (Å²) in [4.78, 5) is 25.9. The highest BCUT2D eigenvalue weighted by atomic mass is 32.2. The number of benzene rings is 1. The number of methoxy groups -OCH3 is 1. The maximum Gasteiger partial charge on any atom is 0.341 e. The third kappa shape index (κ3) is 5.05. The van der Waals surface area contributed by atoms with Gasteiger partial charge in [0.05, 0.1) is 18.4 Å². The van der Waals surface area contributed by atoms with E-state index >= 15 is 0 Å². The highest BCUT2D eigenvalue weighted by Crippen LogP contribution is 2.34. The van der Waals surface area contributed by atoms with Crippen molar-refractivity contribution in [2.75, 3.05) is 18.2 Å². The molecule has 1 N–H and O–H groups in total. The summed E-state index contributed by atoms with van der Waals surface area (Å²) in [5.41, 5.74) is 2.28. The first-order valence-corrected chi connectivity index (χ1v) is 11.5. The van der Waals surface area contributed by atoms with Gasteiger partial charge in [0.15, 0.2) is 11.0 Å². The largest absolute Gasteiger partial charge is 0.465 e. The van der Waals surface area contributed by atoms with Crippen molar-refractivity contribution in [3.63, 3.8) is 0 Å². The van der Waals surface area contributed by atoms with Gasteiger partial charge in [-0.3, -0.25) is 9.36 Å². The van der Waals surface area contributed by atoms with E-state index in [1.54, 1.807) is 6.08 Å². The van der Waals surface area contributed by atoms with Crippen LogP contribution in [0.1, 0.15) is 27.7 Å². The number of carbonyl (C=O) groups excluding carboxylic acids is 2. The first kappa shape index (κ1) is 22.8. The Balaban J connectivity index is 1.76. The van der Waals surface area contributed by atoms with E-state index in [1.807, 2.05) is 48.7 Å². The number of thiophene rings is 1. The number of ether oxygens (including phenoxy) is 1. The molecule has 0 aliphatic carbocycles. The van der Waals surface area contributed by atoms with E-state index < -0.39 is 5.97 Å². The van der Waals surface area contributed by atoms with E-state index in [1.165, 1.54) is 30.2 Å². The fourth-order valence-corrected chi connectivity index (χ4v) is 5.09. The SMILES string of the molecule is C=CCn1c(SCC(=O)Nc2sc(C)c(CC)c2C(=O)OC)nnc1-c1ccccc1. The number of hydrogen-bond acceptors (Lipinski definition) is 7. The summed E-state index contributed by atoms with van der Waals surface area (Å²) in [5, 5.41) is 12.6. The number of esters is 1. The molecule has 31 heavy (non-hydrogen) atoms. The van der Waals surface area contributed by atoms with Gasteiger partial charge in [0, 0.05) is 17.0 Å². The van der Waals surface area contributed by atoms with Gasteiger partial charge < -0.3 is 10.1 Å². The van der Waals surface area contributed by atoms with Gasteiger partial charge in [-0.25, -0.2) is 4.79 Å². The van der Waals surface area contributed by atoms with Gasteiger partial charge in [-0.05, 0) is 18.9 Å². The van der Waals surface area contributed by atoms with E-state index in [9.17, 15) is 9.59 Å². The van der Waals surface area contributed by atoms with Crippen LogP contribution in [0, 0.1) is 6.92 Å². The van der Waals surface area contributed by atoms with Crippen LogP contribution in [-0.4, -0.2) is 39.5 Å². The molecule has 0 unspecified atom stereocenters. The summed E-state index contributed by atoms with van der Waals surface area (Å²) < 4.78 is 6.83. The minimum atomic E-state index is -0.442. The van der Waals surface area contributed by atoms with Crippen LogP contribution in [0.4, 0.5) is 5.00 Å². The molecule has 0 radical (unpaired) electrons. The van der Waals surface area contributed by atoms with Crippen molar-refractivity contribution in [2.24, 2.45) is 0 Å². The average molecular weight is 457 g/mol. The molecule has 0 spiro atoms. The number of carbonyl (C=O) groups is 2. The van der Waals surface area contributed by atoms with Crippen LogP contribution in [0.5, 0.6) is 0 Å². The van der Waals surface area contributed by atoms with Crippen molar-refractivity contribution in [3.05, 3.63) is 59.0 Å². The van der Waals surface area contributed by atoms with Crippen molar-refractivity contribution < 1.29 is 14.3 Å². The second-order valence-corrected chi connectivity index (χ2v) is 8.76. The second kappa shape index (κ2) is 10.4. The number of thioether (sulfide) groups is 1. The first-order chi connectivity index (χ1) is 15.0. The molecule has 2 aromatic heterocycles. The predicted octanol–water partition coefficient (Wildman–Crippen LogP) is 4.58. The zero-order chi connectivity index (χ0) is 22.4. The number of rotatable bonds is 9. The number of aromatic nitrogens is 3. The molecule has 7 nitrogen and oxygen atoms in total. The topological polar surface area (TPSA) is 86.1 Å². The number of amides is 1. The smallest absolute Gasteiger partial charge is 0.341 e. The Hall–Kier alpha value is -2.91. The van der Waals surface area contributed by atoms with Crippen LogP contribution < -0.4 is 5.32 Å². The van der Waals surface area contributed by atoms with E-state index in [-0.39, 0.29) is 11.7 Å². The molecule has 0 aliphatic heterocycles. The fourth-order valence-electron chi connectivity index (χ4n) is 3.19. The predicted molar refractivity (Wildman–Crippen MR) is 125 cm³/mol. The molecule has 1 amide bonds. The third-order valence-corrected chi connectivity index (χ3v) is 6.63. The zero-order valence-electron chi connectivity index (χ0n) is 17.7. The molecule has 0 atom stereocenters. The number of aryl methyl sites for hydroxylation is 1. The molecule has 1 aromatic carbocycles. The minimum Gasteiger partial charge on any atom is -0.465 e. The normalized spacial score (nSPS) is 10.7. The monoisotopic (exact) mass is 456 g/mol. The van der Waals surface area contributed by atoms with E-state index in [2.05, 4.69) is 22.1 Å². The summed E-state index contributed by atoms with van der Waals surface area (Å²) >= 11 is 2.67. The standard InChI is InChI=1S/C22H24N4O3S2/c1-5-12-26-19(15-10-8-7-9-11-15)24-25-22(26)30-13-17(27)23-20-18(21(28)29-4)16(6-2)14(3)31-20/h5,7-11H,1,6,12-13H2,2-4H3,(H,23,27). The number of anilines is 1. The van der Waals surface area contributed by atoms with Crippen molar-refractivity contribution in [1.82, 2.24) is 14.8 Å². The first-order valence-electron chi connectivity index (χ1n) is 9.72. The van der Waals surface area contributed by atoms with E-state index in [0.717, 1.165) is 21.8 Å². The summed E-state index contributed by atoms with van der Waals surface area (Å²) in [5.74, 6) is 0.178. The minimum absolute atomic E-state index is 0.128. The van der Waals surface area contributed by atoms with Gasteiger partial charge in [-0.1, -0.05) is 55.1 Å². The van der Waals surface area contributed by atoms with E-state index in [0.29, 0.717) is 28.7 Å². The molecule has 0 bridgehead atoms. The number of nitrogens with one attached hydrogen (secondary N) is 1. The zero-order valence-corrected chi connectivity index (χ0v) is 19.3. The van der Waals surface area contributed by atoms with Crippen molar-refractivity contribution in [2.45, 2.75) is 32.0 Å². The Labute approximate surface area is 189 Å². The fraction of sp³-hybridized carbons (Fsp3) is 0.273. The summed E-state index contributed by atoms with van der Waals surface area (Å²) in [6.45, 7) is 8.24. The maximum absolute atomic E-state index is 12.6. The summed E-state index contributed by atoms with van der Waals surface area (Å²) in [7, 11) is 1.34. The average Bonchev–Trinajstić information content (AvgIpc) is 3.32. The Morgan fingerprint density at radius 1 is 1.29 bits per heavy atom. The molecule has 162 valence electrons. The van der Waals surface area contributed by atoms with Crippen LogP contribution in [0.3, 0.4) is 0 Å². The highest BCUT2D eigenvalue weighted by molar-refractivity contribution is 7.99. The van der Waals surface area contributed by atoms with Crippen LogP contribution in [0.25, 0.3) is 11.4 Å². The molecule has 3 aromatic rings. The number of hydrogen-bond donors (Lipinski definition) is 1. The lowest BCUT2D eigenvalue weighted by molar-refractivity contribution is -0.113. The molecule has 0 saturated heterocycles. The maximum atomic E-state index is 12.6. The lowest BCUT2D eigenvalue weighted by atomic mass is 10.1. The Bertz CT molecular complexity index is 1090. The van der Waals surface area contributed by atoms with Gasteiger partial charge in [0.25, 0.3) is 0 Å². The van der Waals surface area contributed by atoms with Crippen molar-refractivity contribution in [3.8, 4) is 11.4 Å². The highest BCUT2D eigenvalue weighted by Gasteiger charge is 2.23. The molecule has 2 heterocycles.